The van der Waals surface area contributed by atoms with Crippen molar-refractivity contribution in [1.29, 1.82) is 0 Å². The first-order valence-corrected chi connectivity index (χ1v) is 7.64. The second-order valence-electron chi connectivity index (χ2n) is 6.04. The number of methoxy groups -OCH3 is 1. The van der Waals surface area contributed by atoms with E-state index in [-0.39, 0.29) is 6.10 Å². The molecule has 0 aromatic heterocycles. The maximum Gasteiger partial charge on any atom is 0.0705 e. The smallest absolute Gasteiger partial charge is 0.0705 e. The monoisotopic (exact) mass is 256 g/mol. The average Bonchev–Trinajstić information content (AvgIpc) is 2.87. The summed E-state index contributed by atoms with van der Waals surface area (Å²) in [5, 5.41) is 0. The van der Waals surface area contributed by atoms with Crippen LogP contribution in [-0.4, -0.2) is 43.8 Å². The largest absolute Gasteiger partial charge is 0.380 e. The molecule has 3 nitrogen and oxygen atoms in total. The first-order valence-electron chi connectivity index (χ1n) is 7.64. The highest BCUT2D eigenvalue weighted by Gasteiger charge is 2.22. The molecule has 1 unspecified atom stereocenters. The Bertz CT molecular complexity index is 199. The Morgan fingerprint density at radius 2 is 1.78 bits per heavy atom. The first-order chi connectivity index (χ1) is 8.67. The van der Waals surface area contributed by atoms with Gasteiger partial charge in [0.2, 0.25) is 0 Å². The van der Waals surface area contributed by atoms with E-state index in [9.17, 15) is 0 Å². The fourth-order valence-electron chi connectivity index (χ4n) is 2.81. The number of hydrogen-bond acceptors (Lipinski definition) is 3. The molecule has 0 spiro atoms. The standard InChI is InChI=1S/C15H32N2O/c1-13(2)8-10-17(14-6-4-5-7-14)11-9-15(12-16)18-3/h13-15H,4-12,16H2,1-3H3. The van der Waals surface area contributed by atoms with Crippen LogP contribution in [0.25, 0.3) is 0 Å². The second-order valence-corrected chi connectivity index (χ2v) is 6.04. The molecule has 0 aliphatic heterocycles. The maximum atomic E-state index is 5.70. The van der Waals surface area contributed by atoms with E-state index in [1.807, 2.05) is 0 Å². The topological polar surface area (TPSA) is 38.5 Å². The van der Waals surface area contributed by atoms with Gasteiger partial charge < -0.3 is 15.4 Å². The van der Waals surface area contributed by atoms with Crippen LogP contribution in [0, 0.1) is 5.92 Å². The van der Waals surface area contributed by atoms with E-state index < -0.39 is 0 Å². The van der Waals surface area contributed by atoms with Gasteiger partial charge in [-0.1, -0.05) is 26.7 Å². The predicted molar refractivity (Wildman–Crippen MR) is 77.8 cm³/mol. The molecule has 1 atom stereocenters. The number of ether oxygens (including phenoxy) is 1. The molecule has 1 aliphatic rings. The van der Waals surface area contributed by atoms with Gasteiger partial charge in [0.15, 0.2) is 0 Å². The molecule has 108 valence electrons. The molecular formula is C15H32N2O. The van der Waals surface area contributed by atoms with Crippen molar-refractivity contribution in [3.05, 3.63) is 0 Å². The lowest BCUT2D eigenvalue weighted by atomic mass is 10.1. The van der Waals surface area contributed by atoms with Crippen LogP contribution in [0.2, 0.25) is 0 Å². The van der Waals surface area contributed by atoms with Crippen LogP contribution in [0.15, 0.2) is 0 Å². The Kier molecular flexibility index (Phi) is 7.87. The van der Waals surface area contributed by atoms with Gasteiger partial charge in [0.05, 0.1) is 6.10 Å². The predicted octanol–water partition coefficient (Wildman–Crippen LogP) is 2.64. The summed E-state index contributed by atoms with van der Waals surface area (Å²) < 4.78 is 5.39. The Morgan fingerprint density at radius 3 is 2.28 bits per heavy atom. The minimum absolute atomic E-state index is 0.230. The molecule has 1 rings (SSSR count). The van der Waals surface area contributed by atoms with Crippen molar-refractivity contribution in [3.8, 4) is 0 Å². The minimum atomic E-state index is 0.230. The van der Waals surface area contributed by atoms with Crippen molar-refractivity contribution in [3.63, 3.8) is 0 Å². The van der Waals surface area contributed by atoms with Gasteiger partial charge in [-0.3, -0.25) is 0 Å². The van der Waals surface area contributed by atoms with Gasteiger partial charge in [-0.2, -0.15) is 0 Å². The third kappa shape index (κ3) is 5.68. The Labute approximate surface area is 113 Å². The fourth-order valence-corrected chi connectivity index (χ4v) is 2.81. The van der Waals surface area contributed by atoms with E-state index in [0.717, 1.165) is 24.9 Å². The molecule has 0 amide bonds. The third-order valence-corrected chi connectivity index (χ3v) is 4.17. The van der Waals surface area contributed by atoms with Gasteiger partial charge in [-0.25, -0.2) is 0 Å². The van der Waals surface area contributed by atoms with Crippen molar-refractivity contribution in [2.24, 2.45) is 11.7 Å². The highest BCUT2D eigenvalue weighted by Crippen LogP contribution is 2.24. The molecule has 2 N–H and O–H groups in total. The maximum absolute atomic E-state index is 5.70. The molecule has 0 saturated heterocycles. The molecule has 1 fully saturated rings. The number of nitrogens with zero attached hydrogens (tertiary/aromatic N) is 1. The van der Waals surface area contributed by atoms with Gasteiger partial charge in [-0.15, -0.1) is 0 Å². The Morgan fingerprint density at radius 1 is 1.17 bits per heavy atom. The van der Waals surface area contributed by atoms with E-state index in [4.69, 9.17) is 10.5 Å². The third-order valence-electron chi connectivity index (χ3n) is 4.17. The number of rotatable bonds is 9. The lowest BCUT2D eigenvalue weighted by Crippen LogP contribution is -2.38. The molecule has 0 radical (unpaired) electrons. The summed E-state index contributed by atoms with van der Waals surface area (Å²) in [6, 6.07) is 0.819. The van der Waals surface area contributed by atoms with Crippen molar-refractivity contribution in [2.75, 3.05) is 26.7 Å². The van der Waals surface area contributed by atoms with E-state index >= 15 is 0 Å². The molecule has 0 bridgehead atoms. The average molecular weight is 256 g/mol. The number of nitrogens with two attached hydrogens (primary N) is 1. The van der Waals surface area contributed by atoms with Crippen LogP contribution in [0.3, 0.4) is 0 Å². The summed E-state index contributed by atoms with van der Waals surface area (Å²) in [6.45, 7) is 7.64. The second kappa shape index (κ2) is 8.89. The Balaban J connectivity index is 2.38. The molecule has 1 saturated carbocycles. The summed E-state index contributed by atoms with van der Waals surface area (Å²) >= 11 is 0. The van der Waals surface area contributed by atoms with E-state index in [1.165, 1.54) is 38.6 Å². The van der Waals surface area contributed by atoms with Gasteiger partial charge in [-0.05, 0) is 38.1 Å². The van der Waals surface area contributed by atoms with E-state index in [0.29, 0.717) is 6.54 Å². The number of hydrogen-bond donors (Lipinski definition) is 1. The van der Waals surface area contributed by atoms with Crippen LogP contribution in [0.5, 0.6) is 0 Å². The van der Waals surface area contributed by atoms with Crippen molar-refractivity contribution >= 4 is 0 Å². The lowest BCUT2D eigenvalue weighted by Gasteiger charge is -2.30. The zero-order chi connectivity index (χ0) is 13.4. The first kappa shape index (κ1) is 15.9. The van der Waals surface area contributed by atoms with Gasteiger partial charge in [0.1, 0.15) is 0 Å². The highest BCUT2D eigenvalue weighted by molar-refractivity contribution is 4.78. The minimum Gasteiger partial charge on any atom is -0.380 e. The molecule has 0 aromatic rings. The van der Waals surface area contributed by atoms with Gasteiger partial charge in [0, 0.05) is 26.2 Å². The summed E-state index contributed by atoms with van der Waals surface area (Å²) in [5.41, 5.74) is 5.70. The van der Waals surface area contributed by atoms with Crippen LogP contribution in [0.1, 0.15) is 52.4 Å². The molecule has 0 heterocycles. The zero-order valence-electron chi connectivity index (χ0n) is 12.5. The fraction of sp³-hybridized carbons (Fsp3) is 1.00. The quantitative estimate of drug-likeness (QED) is 0.689. The van der Waals surface area contributed by atoms with Crippen molar-refractivity contribution in [2.45, 2.75) is 64.5 Å². The molecular weight excluding hydrogens is 224 g/mol. The summed E-state index contributed by atoms with van der Waals surface area (Å²) in [4.78, 5) is 2.69. The highest BCUT2D eigenvalue weighted by atomic mass is 16.5. The van der Waals surface area contributed by atoms with Gasteiger partial charge >= 0.3 is 0 Å². The molecule has 0 aromatic carbocycles. The SMILES string of the molecule is COC(CN)CCN(CCC(C)C)C1CCCC1. The summed E-state index contributed by atoms with van der Waals surface area (Å²) in [6.07, 6.45) is 8.20. The normalized spacial score (nSPS) is 19.0. The van der Waals surface area contributed by atoms with Crippen LogP contribution < -0.4 is 5.73 Å². The van der Waals surface area contributed by atoms with Crippen molar-refractivity contribution < 1.29 is 4.74 Å². The molecule has 18 heavy (non-hydrogen) atoms. The summed E-state index contributed by atoms with van der Waals surface area (Å²) in [7, 11) is 1.77. The van der Waals surface area contributed by atoms with E-state index in [2.05, 4.69) is 18.7 Å². The van der Waals surface area contributed by atoms with Crippen LogP contribution >= 0.6 is 0 Å². The zero-order valence-corrected chi connectivity index (χ0v) is 12.5. The van der Waals surface area contributed by atoms with Crippen LogP contribution in [-0.2, 0) is 4.74 Å². The van der Waals surface area contributed by atoms with Gasteiger partial charge in [0.25, 0.3) is 0 Å². The summed E-state index contributed by atoms with van der Waals surface area (Å²) in [5.74, 6) is 0.793. The lowest BCUT2D eigenvalue weighted by molar-refractivity contribution is 0.0804. The van der Waals surface area contributed by atoms with E-state index in [1.54, 1.807) is 7.11 Å². The Hall–Kier alpha value is -0.120. The molecule has 1 aliphatic carbocycles. The molecule has 3 heteroatoms. The van der Waals surface area contributed by atoms with Crippen LogP contribution in [0.4, 0.5) is 0 Å². The van der Waals surface area contributed by atoms with Crippen molar-refractivity contribution in [1.82, 2.24) is 4.90 Å².